The lowest BCUT2D eigenvalue weighted by molar-refractivity contribution is -0.124. The van der Waals surface area contributed by atoms with Crippen molar-refractivity contribution in [1.29, 1.82) is 0 Å². The Morgan fingerprint density at radius 1 is 1.17 bits per heavy atom. The van der Waals surface area contributed by atoms with Gasteiger partial charge in [-0.1, -0.05) is 48.8 Å². The monoisotopic (exact) mass is 410 g/mol. The highest BCUT2D eigenvalue weighted by Crippen LogP contribution is 2.29. The van der Waals surface area contributed by atoms with Crippen LogP contribution in [0.3, 0.4) is 0 Å². The lowest BCUT2D eigenvalue weighted by Crippen LogP contribution is -2.43. The third kappa shape index (κ3) is 5.68. The third-order valence-corrected chi connectivity index (χ3v) is 4.55. The van der Waals surface area contributed by atoms with E-state index in [0.29, 0.717) is 18.2 Å². The van der Waals surface area contributed by atoms with E-state index in [4.69, 9.17) is 4.74 Å². The van der Waals surface area contributed by atoms with Gasteiger partial charge in [0, 0.05) is 24.2 Å². The van der Waals surface area contributed by atoms with Gasteiger partial charge in [0.15, 0.2) is 6.61 Å². The number of aromatic nitrogens is 4. The summed E-state index contributed by atoms with van der Waals surface area (Å²) in [7, 11) is 0. The number of nitrogens with zero attached hydrogens (tertiary/aromatic N) is 4. The van der Waals surface area contributed by atoms with Gasteiger partial charge >= 0.3 is 0 Å². The largest absolute Gasteiger partial charge is 0.483 e. The number of hydrogen-bond donors (Lipinski definition) is 2. The molecule has 3 aromatic rings. The van der Waals surface area contributed by atoms with E-state index in [1.807, 2.05) is 45.0 Å². The van der Waals surface area contributed by atoms with Crippen LogP contribution in [0.5, 0.6) is 5.75 Å². The van der Waals surface area contributed by atoms with Crippen molar-refractivity contribution in [3.05, 3.63) is 42.0 Å². The van der Waals surface area contributed by atoms with Gasteiger partial charge in [-0.05, 0) is 54.5 Å². The number of benzene rings is 2. The van der Waals surface area contributed by atoms with E-state index >= 15 is 0 Å². The van der Waals surface area contributed by atoms with Gasteiger partial charge < -0.3 is 15.4 Å². The molecule has 0 fully saturated rings. The molecule has 1 heterocycles. The number of fused-ring (bicyclic) bond motifs is 1. The van der Waals surface area contributed by atoms with Crippen LogP contribution in [0, 0.1) is 0 Å². The Balaban J connectivity index is 1.80. The van der Waals surface area contributed by atoms with Crippen molar-refractivity contribution >= 4 is 22.6 Å². The maximum Gasteiger partial charge on any atom is 0.258 e. The predicted octanol–water partition coefficient (Wildman–Crippen LogP) is 3.53. The van der Waals surface area contributed by atoms with E-state index in [2.05, 4.69) is 45.2 Å². The van der Waals surface area contributed by atoms with Crippen molar-refractivity contribution in [3.8, 4) is 5.75 Å². The summed E-state index contributed by atoms with van der Waals surface area (Å²) in [5.41, 5.74) is 0.658. The molecule has 0 aliphatic rings. The van der Waals surface area contributed by atoms with Crippen LogP contribution >= 0.6 is 0 Å². The van der Waals surface area contributed by atoms with Crippen LogP contribution in [0.4, 0.5) is 5.95 Å². The smallest absolute Gasteiger partial charge is 0.258 e. The molecule has 30 heavy (non-hydrogen) atoms. The molecule has 0 atom stereocenters. The van der Waals surface area contributed by atoms with Gasteiger partial charge in [-0.2, -0.15) is 0 Å². The van der Waals surface area contributed by atoms with E-state index in [1.165, 1.54) is 0 Å². The summed E-state index contributed by atoms with van der Waals surface area (Å²) in [6, 6.07) is 12.0. The van der Waals surface area contributed by atoms with Gasteiger partial charge in [0.1, 0.15) is 5.75 Å². The van der Waals surface area contributed by atoms with Gasteiger partial charge in [0.05, 0.1) is 0 Å². The fourth-order valence-corrected chi connectivity index (χ4v) is 3.19. The fraction of sp³-hybridized carbons (Fsp3) is 0.455. The molecule has 0 aliphatic carbocycles. The Morgan fingerprint density at radius 3 is 2.73 bits per heavy atom. The number of aryl methyl sites for hydroxylation is 1. The van der Waals surface area contributed by atoms with Crippen molar-refractivity contribution in [2.45, 2.75) is 59.2 Å². The van der Waals surface area contributed by atoms with Crippen molar-refractivity contribution in [1.82, 2.24) is 25.5 Å². The zero-order valence-electron chi connectivity index (χ0n) is 18.1. The molecule has 8 heteroatoms. The SMILES string of the molecule is CCCCn1nnnc1NCc1c(OCC(=O)NC(C)(C)C)ccc2ccccc12. The highest BCUT2D eigenvalue weighted by Gasteiger charge is 2.16. The molecule has 3 rings (SSSR count). The number of nitrogens with one attached hydrogen (secondary N) is 2. The molecule has 0 saturated heterocycles. The maximum absolute atomic E-state index is 12.2. The molecule has 0 bridgehead atoms. The number of carbonyl (C=O) groups excluding carboxylic acids is 1. The number of ether oxygens (including phenoxy) is 1. The first-order valence-electron chi connectivity index (χ1n) is 10.3. The fourth-order valence-electron chi connectivity index (χ4n) is 3.19. The number of tetrazole rings is 1. The van der Waals surface area contributed by atoms with Crippen LogP contribution in [0.25, 0.3) is 10.8 Å². The van der Waals surface area contributed by atoms with E-state index < -0.39 is 0 Å². The van der Waals surface area contributed by atoms with Crippen LogP contribution in [0.2, 0.25) is 0 Å². The molecule has 2 N–H and O–H groups in total. The average Bonchev–Trinajstić information content (AvgIpc) is 3.15. The Labute approximate surface area is 177 Å². The van der Waals surface area contributed by atoms with Gasteiger partial charge in [-0.3, -0.25) is 4.79 Å². The quantitative estimate of drug-likeness (QED) is 0.560. The Kier molecular flexibility index (Phi) is 6.87. The second kappa shape index (κ2) is 9.56. The topological polar surface area (TPSA) is 94.0 Å². The minimum atomic E-state index is -0.302. The van der Waals surface area contributed by atoms with Crippen molar-refractivity contribution in [3.63, 3.8) is 0 Å². The minimum absolute atomic E-state index is 0.0448. The molecule has 0 spiro atoms. The number of anilines is 1. The second-order valence-electron chi connectivity index (χ2n) is 8.28. The van der Waals surface area contributed by atoms with Crippen LogP contribution in [0.1, 0.15) is 46.1 Å². The summed E-state index contributed by atoms with van der Waals surface area (Å²) in [5.74, 6) is 1.13. The normalized spacial score (nSPS) is 11.5. The van der Waals surface area contributed by atoms with Crippen molar-refractivity contribution < 1.29 is 9.53 Å². The average molecular weight is 411 g/mol. The Hall–Kier alpha value is -3.16. The van der Waals surface area contributed by atoms with Crippen LogP contribution in [-0.2, 0) is 17.9 Å². The number of hydrogen-bond acceptors (Lipinski definition) is 6. The highest BCUT2D eigenvalue weighted by atomic mass is 16.5. The number of amides is 1. The molecule has 160 valence electrons. The first kappa shape index (κ1) is 21.5. The molecule has 0 radical (unpaired) electrons. The van der Waals surface area contributed by atoms with Gasteiger partial charge in [0.25, 0.3) is 5.91 Å². The Bertz CT molecular complexity index is 993. The zero-order valence-corrected chi connectivity index (χ0v) is 18.1. The number of carbonyl (C=O) groups is 1. The number of rotatable bonds is 9. The first-order valence-corrected chi connectivity index (χ1v) is 10.3. The standard InChI is InChI=1S/C22H30N6O2/c1-5-6-13-28-21(25-26-27-28)23-14-18-17-10-8-7-9-16(17)11-12-19(18)30-15-20(29)24-22(2,3)4/h7-12H,5-6,13-15H2,1-4H3,(H,24,29)(H,23,25,27). The summed E-state index contributed by atoms with van der Waals surface area (Å²) in [6.07, 6.45) is 2.07. The van der Waals surface area contributed by atoms with Crippen LogP contribution < -0.4 is 15.4 Å². The van der Waals surface area contributed by atoms with Gasteiger partial charge in [-0.25, -0.2) is 4.68 Å². The molecule has 1 aromatic heterocycles. The van der Waals surface area contributed by atoms with E-state index in [0.717, 1.165) is 35.7 Å². The molecule has 2 aromatic carbocycles. The van der Waals surface area contributed by atoms with Gasteiger partial charge in [-0.15, -0.1) is 0 Å². The molecular formula is C22H30N6O2. The van der Waals surface area contributed by atoms with E-state index in [1.54, 1.807) is 4.68 Å². The minimum Gasteiger partial charge on any atom is -0.483 e. The predicted molar refractivity (Wildman–Crippen MR) is 117 cm³/mol. The Morgan fingerprint density at radius 2 is 1.97 bits per heavy atom. The lowest BCUT2D eigenvalue weighted by Gasteiger charge is -2.21. The molecule has 8 nitrogen and oxygen atoms in total. The second-order valence-corrected chi connectivity index (χ2v) is 8.28. The zero-order chi connectivity index (χ0) is 21.6. The summed E-state index contributed by atoms with van der Waals surface area (Å²) >= 11 is 0. The molecule has 0 aliphatic heterocycles. The molecule has 0 saturated carbocycles. The van der Waals surface area contributed by atoms with Crippen molar-refractivity contribution in [2.24, 2.45) is 0 Å². The summed E-state index contributed by atoms with van der Waals surface area (Å²) in [5, 5.41) is 20.3. The lowest BCUT2D eigenvalue weighted by atomic mass is 10.0. The summed E-state index contributed by atoms with van der Waals surface area (Å²) in [4.78, 5) is 12.2. The summed E-state index contributed by atoms with van der Waals surface area (Å²) < 4.78 is 7.68. The maximum atomic E-state index is 12.2. The highest BCUT2D eigenvalue weighted by molar-refractivity contribution is 5.88. The van der Waals surface area contributed by atoms with E-state index in [-0.39, 0.29) is 18.1 Å². The first-order chi connectivity index (χ1) is 14.4. The molecule has 0 unspecified atom stereocenters. The molecule has 1 amide bonds. The van der Waals surface area contributed by atoms with E-state index in [9.17, 15) is 4.79 Å². The van der Waals surface area contributed by atoms with Crippen LogP contribution in [-0.4, -0.2) is 38.3 Å². The number of unbranched alkanes of at least 4 members (excludes halogenated alkanes) is 1. The molecular weight excluding hydrogens is 380 g/mol. The van der Waals surface area contributed by atoms with Crippen molar-refractivity contribution in [2.75, 3.05) is 11.9 Å². The van der Waals surface area contributed by atoms with Crippen LogP contribution in [0.15, 0.2) is 36.4 Å². The van der Waals surface area contributed by atoms with Gasteiger partial charge in [0.2, 0.25) is 5.95 Å². The summed E-state index contributed by atoms with van der Waals surface area (Å²) in [6.45, 7) is 9.16. The third-order valence-electron chi connectivity index (χ3n) is 4.55.